The molecule has 1 heterocycles. The first kappa shape index (κ1) is 20.8. The highest BCUT2D eigenvalue weighted by Crippen LogP contribution is 2.30. The molecule has 0 aliphatic carbocycles. The SMILES string of the molecule is CC1=C(c2ccc(OCCCN(C)CCO)cc2)C(=O)N/C1=C\c1ccccc1. The van der Waals surface area contributed by atoms with Gasteiger partial charge in [-0.3, -0.25) is 4.79 Å². The predicted molar refractivity (Wildman–Crippen MR) is 116 cm³/mol. The zero-order valence-electron chi connectivity index (χ0n) is 17.0. The van der Waals surface area contributed by atoms with Crippen LogP contribution in [0.3, 0.4) is 0 Å². The molecule has 3 rings (SSSR count). The number of likely N-dealkylation sites (N-methyl/N-ethyl adjacent to an activating group) is 1. The van der Waals surface area contributed by atoms with E-state index in [0.717, 1.165) is 41.1 Å². The second kappa shape index (κ2) is 10.0. The smallest absolute Gasteiger partial charge is 0.256 e. The highest BCUT2D eigenvalue weighted by Gasteiger charge is 2.25. The van der Waals surface area contributed by atoms with Gasteiger partial charge in [-0.1, -0.05) is 42.5 Å². The average molecular weight is 392 g/mol. The van der Waals surface area contributed by atoms with Crippen LogP contribution in [0, 0.1) is 0 Å². The van der Waals surface area contributed by atoms with Crippen LogP contribution >= 0.6 is 0 Å². The summed E-state index contributed by atoms with van der Waals surface area (Å²) in [6.45, 7) is 4.30. The summed E-state index contributed by atoms with van der Waals surface area (Å²) in [6.07, 6.45) is 2.88. The Kier molecular flexibility index (Phi) is 7.22. The molecule has 0 saturated heterocycles. The summed E-state index contributed by atoms with van der Waals surface area (Å²) < 4.78 is 5.79. The van der Waals surface area contributed by atoms with E-state index in [0.29, 0.717) is 18.7 Å². The first-order chi connectivity index (χ1) is 14.1. The molecule has 5 nitrogen and oxygen atoms in total. The van der Waals surface area contributed by atoms with Gasteiger partial charge in [-0.25, -0.2) is 0 Å². The fourth-order valence-corrected chi connectivity index (χ4v) is 3.32. The van der Waals surface area contributed by atoms with E-state index in [9.17, 15) is 4.79 Å². The van der Waals surface area contributed by atoms with Crippen LogP contribution in [0.25, 0.3) is 11.6 Å². The zero-order valence-corrected chi connectivity index (χ0v) is 17.0. The summed E-state index contributed by atoms with van der Waals surface area (Å²) in [7, 11) is 1.98. The van der Waals surface area contributed by atoms with Crippen LogP contribution in [0.1, 0.15) is 24.5 Å². The molecule has 0 spiro atoms. The lowest BCUT2D eigenvalue weighted by Crippen LogP contribution is -2.24. The normalized spacial score (nSPS) is 15.3. The van der Waals surface area contributed by atoms with E-state index < -0.39 is 0 Å². The van der Waals surface area contributed by atoms with E-state index in [-0.39, 0.29) is 12.5 Å². The quantitative estimate of drug-likeness (QED) is 0.643. The number of hydrogen-bond donors (Lipinski definition) is 2. The molecule has 0 bridgehead atoms. The number of nitrogens with one attached hydrogen (secondary N) is 1. The van der Waals surface area contributed by atoms with Gasteiger partial charge in [0.1, 0.15) is 5.75 Å². The van der Waals surface area contributed by atoms with E-state index in [2.05, 4.69) is 10.2 Å². The van der Waals surface area contributed by atoms with Crippen LogP contribution in [0.4, 0.5) is 0 Å². The zero-order chi connectivity index (χ0) is 20.6. The van der Waals surface area contributed by atoms with Gasteiger partial charge in [-0.15, -0.1) is 0 Å². The number of aliphatic hydroxyl groups excluding tert-OH is 1. The predicted octanol–water partition coefficient (Wildman–Crippen LogP) is 3.32. The molecule has 2 N–H and O–H groups in total. The molecule has 1 aliphatic rings. The third-order valence-electron chi connectivity index (χ3n) is 4.94. The van der Waals surface area contributed by atoms with Crippen molar-refractivity contribution >= 4 is 17.6 Å². The summed E-state index contributed by atoms with van der Waals surface area (Å²) in [5, 5.41) is 11.9. The Bertz CT molecular complexity index is 886. The van der Waals surface area contributed by atoms with Gasteiger partial charge in [0.2, 0.25) is 0 Å². The first-order valence-corrected chi connectivity index (χ1v) is 9.90. The van der Waals surface area contributed by atoms with Crippen LogP contribution in [-0.2, 0) is 4.79 Å². The molecule has 0 atom stereocenters. The van der Waals surface area contributed by atoms with Crippen molar-refractivity contribution in [1.82, 2.24) is 10.2 Å². The van der Waals surface area contributed by atoms with Gasteiger partial charge in [-0.2, -0.15) is 0 Å². The lowest BCUT2D eigenvalue weighted by molar-refractivity contribution is -0.114. The maximum absolute atomic E-state index is 12.5. The summed E-state index contributed by atoms with van der Waals surface area (Å²) >= 11 is 0. The van der Waals surface area contributed by atoms with Crippen molar-refractivity contribution in [3.63, 3.8) is 0 Å². The molecule has 2 aromatic rings. The summed E-state index contributed by atoms with van der Waals surface area (Å²) in [5.74, 6) is 0.709. The van der Waals surface area contributed by atoms with Crippen LogP contribution in [0.15, 0.2) is 65.9 Å². The topological polar surface area (TPSA) is 61.8 Å². The molecule has 0 radical (unpaired) electrons. The maximum atomic E-state index is 12.5. The molecule has 152 valence electrons. The van der Waals surface area contributed by atoms with Crippen molar-refractivity contribution in [2.75, 3.05) is 33.4 Å². The molecule has 0 aromatic heterocycles. The van der Waals surface area contributed by atoms with Crippen molar-refractivity contribution in [2.45, 2.75) is 13.3 Å². The summed E-state index contributed by atoms with van der Waals surface area (Å²) in [6, 6.07) is 17.6. The minimum atomic E-state index is -0.0785. The van der Waals surface area contributed by atoms with Gasteiger partial charge < -0.3 is 20.1 Å². The number of ether oxygens (including phenoxy) is 1. The van der Waals surface area contributed by atoms with Crippen LogP contribution in [-0.4, -0.2) is 49.3 Å². The van der Waals surface area contributed by atoms with Crippen LogP contribution < -0.4 is 10.1 Å². The third kappa shape index (κ3) is 5.56. The Morgan fingerprint density at radius 3 is 2.48 bits per heavy atom. The second-order valence-corrected chi connectivity index (χ2v) is 7.18. The fraction of sp³-hybridized carbons (Fsp3) is 0.292. The number of rotatable bonds is 9. The molecule has 0 unspecified atom stereocenters. The molecule has 0 saturated carbocycles. The third-order valence-corrected chi connectivity index (χ3v) is 4.94. The van der Waals surface area contributed by atoms with Crippen molar-refractivity contribution < 1.29 is 14.6 Å². The molecular formula is C24H28N2O3. The van der Waals surface area contributed by atoms with E-state index >= 15 is 0 Å². The highest BCUT2D eigenvalue weighted by atomic mass is 16.5. The lowest BCUT2D eigenvalue weighted by Gasteiger charge is -2.15. The van der Waals surface area contributed by atoms with Gasteiger partial charge in [0.25, 0.3) is 5.91 Å². The highest BCUT2D eigenvalue weighted by molar-refractivity contribution is 6.25. The van der Waals surface area contributed by atoms with Gasteiger partial charge in [0.15, 0.2) is 0 Å². The Hall–Kier alpha value is -2.89. The maximum Gasteiger partial charge on any atom is 0.256 e. The Morgan fingerprint density at radius 1 is 1.07 bits per heavy atom. The van der Waals surface area contributed by atoms with Crippen LogP contribution in [0.5, 0.6) is 5.75 Å². The first-order valence-electron chi connectivity index (χ1n) is 9.90. The number of benzene rings is 2. The number of aliphatic hydroxyl groups is 1. The van der Waals surface area contributed by atoms with Gasteiger partial charge >= 0.3 is 0 Å². The van der Waals surface area contributed by atoms with Gasteiger partial charge in [0.05, 0.1) is 18.8 Å². The van der Waals surface area contributed by atoms with Crippen molar-refractivity contribution in [3.05, 3.63) is 77.0 Å². The Morgan fingerprint density at radius 2 is 1.79 bits per heavy atom. The molecule has 0 fully saturated rings. The van der Waals surface area contributed by atoms with Crippen molar-refractivity contribution in [3.8, 4) is 5.75 Å². The standard InChI is InChI=1S/C24H28N2O3/c1-18-22(17-19-7-4-3-5-8-19)25-24(28)23(18)20-9-11-21(12-10-20)29-16-6-13-26(2)14-15-27/h3-5,7-12,17,27H,6,13-16H2,1-2H3,(H,25,28)/b22-17-. The average Bonchev–Trinajstić information content (AvgIpc) is 3.00. The molecular weight excluding hydrogens is 364 g/mol. The largest absolute Gasteiger partial charge is 0.494 e. The number of amides is 1. The molecule has 1 aliphatic heterocycles. The van der Waals surface area contributed by atoms with E-state index in [1.54, 1.807) is 0 Å². The Balaban J connectivity index is 1.64. The molecule has 5 heteroatoms. The minimum Gasteiger partial charge on any atom is -0.494 e. The number of hydrogen-bond acceptors (Lipinski definition) is 4. The summed E-state index contributed by atoms with van der Waals surface area (Å²) in [5.41, 5.74) is 4.41. The number of nitrogens with zero attached hydrogens (tertiary/aromatic N) is 1. The number of carbonyl (C=O) groups excluding carboxylic acids is 1. The molecule has 29 heavy (non-hydrogen) atoms. The number of carbonyl (C=O) groups is 1. The van der Waals surface area contributed by atoms with Crippen molar-refractivity contribution in [1.29, 1.82) is 0 Å². The molecule has 2 aromatic carbocycles. The van der Waals surface area contributed by atoms with Gasteiger partial charge in [-0.05, 0) is 55.3 Å². The Labute approximate surface area is 172 Å². The molecule has 1 amide bonds. The van der Waals surface area contributed by atoms with E-state index in [4.69, 9.17) is 9.84 Å². The monoisotopic (exact) mass is 392 g/mol. The van der Waals surface area contributed by atoms with Gasteiger partial charge in [0, 0.05) is 18.8 Å². The lowest BCUT2D eigenvalue weighted by atomic mass is 10.0. The summed E-state index contributed by atoms with van der Waals surface area (Å²) in [4.78, 5) is 14.6. The second-order valence-electron chi connectivity index (χ2n) is 7.18. The van der Waals surface area contributed by atoms with Crippen LogP contribution in [0.2, 0.25) is 0 Å². The minimum absolute atomic E-state index is 0.0785. The van der Waals surface area contributed by atoms with Crippen molar-refractivity contribution in [2.24, 2.45) is 0 Å². The number of allylic oxidation sites excluding steroid dienone is 1. The van der Waals surface area contributed by atoms with E-state index in [1.165, 1.54) is 0 Å². The fourth-order valence-electron chi connectivity index (χ4n) is 3.32. The van der Waals surface area contributed by atoms with E-state index in [1.807, 2.05) is 74.6 Å².